The average Bonchev–Trinajstić information content (AvgIpc) is 2.65. The van der Waals surface area contributed by atoms with E-state index < -0.39 is 11.4 Å². The van der Waals surface area contributed by atoms with E-state index in [1.807, 2.05) is 37.3 Å². The molecule has 0 radical (unpaired) electrons. The standard InChI is InChI=1S/C19H20N2O5/c1-12-9-21-10-14(19(24)25-3)16(22)17(15(21)18(23)20(12)2)26-11-13-7-5-4-6-8-13/h4-8,10,12H,9,11H2,1-3H3/t12-/m1/s1. The number of rotatable bonds is 4. The molecule has 0 unspecified atom stereocenters. The molecule has 0 spiro atoms. The van der Waals surface area contributed by atoms with Crippen molar-refractivity contribution in [2.45, 2.75) is 26.1 Å². The quantitative estimate of drug-likeness (QED) is 0.779. The van der Waals surface area contributed by atoms with Gasteiger partial charge in [0.1, 0.15) is 12.2 Å². The summed E-state index contributed by atoms with van der Waals surface area (Å²) in [6, 6.07) is 9.20. The Balaban J connectivity index is 2.11. The van der Waals surface area contributed by atoms with Crippen LogP contribution in [0.25, 0.3) is 0 Å². The molecule has 7 heteroatoms. The highest BCUT2D eigenvalue weighted by atomic mass is 16.5. The molecule has 1 aromatic carbocycles. The predicted octanol–water partition coefficient (Wildman–Crippen LogP) is 1.69. The lowest BCUT2D eigenvalue weighted by molar-refractivity contribution is 0.0587. The molecule has 0 fully saturated rings. The van der Waals surface area contributed by atoms with Gasteiger partial charge in [-0.2, -0.15) is 0 Å². The molecule has 1 aliphatic heterocycles. The summed E-state index contributed by atoms with van der Waals surface area (Å²) in [6.07, 6.45) is 1.38. The van der Waals surface area contributed by atoms with Crippen molar-refractivity contribution in [3.8, 4) is 5.75 Å². The van der Waals surface area contributed by atoms with Gasteiger partial charge in [-0.25, -0.2) is 4.79 Å². The maximum atomic E-state index is 12.8. The molecule has 0 saturated carbocycles. The Hall–Kier alpha value is -3.09. The van der Waals surface area contributed by atoms with Gasteiger partial charge in [-0.1, -0.05) is 30.3 Å². The summed E-state index contributed by atoms with van der Waals surface area (Å²) >= 11 is 0. The lowest BCUT2D eigenvalue weighted by Crippen LogP contribution is -2.45. The zero-order chi connectivity index (χ0) is 18.8. The highest BCUT2D eigenvalue weighted by molar-refractivity contribution is 5.98. The van der Waals surface area contributed by atoms with E-state index in [2.05, 4.69) is 0 Å². The number of nitrogens with zero attached hydrogens (tertiary/aromatic N) is 2. The van der Waals surface area contributed by atoms with Gasteiger partial charge in [0.2, 0.25) is 5.43 Å². The summed E-state index contributed by atoms with van der Waals surface area (Å²) in [5, 5.41) is 0. The first-order valence-electron chi connectivity index (χ1n) is 8.23. The van der Waals surface area contributed by atoms with Crippen molar-refractivity contribution in [1.82, 2.24) is 9.47 Å². The van der Waals surface area contributed by atoms with E-state index in [-0.39, 0.29) is 35.6 Å². The molecule has 2 heterocycles. The van der Waals surface area contributed by atoms with Gasteiger partial charge in [0.25, 0.3) is 5.91 Å². The number of carbonyl (C=O) groups excluding carboxylic acids is 2. The monoisotopic (exact) mass is 356 g/mol. The minimum atomic E-state index is -0.756. The number of aromatic nitrogens is 1. The lowest BCUT2D eigenvalue weighted by Gasteiger charge is -2.33. The van der Waals surface area contributed by atoms with Crippen LogP contribution in [0, 0.1) is 0 Å². The Morgan fingerprint density at radius 1 is 1.23 bits per heavy atom. The van der Waals surface area contributed by atoms with Gasteiger partial charge in [-0.05, 0) is 12.5 Å². The number of methoxy groups -OCH3 is 1. The van der Waals surface area contributed by atoms with E-state index in [0.29, 0.717) is 6.54 Å². The predicted molar refractivity (Wildman–Crippen MR) is 94.4 cm³/mol. The van der Waals surface area contributed by atoms with E-state index in [1.165, 1.54) is 13.3 Å². The smallest absolute Gasteiger partial charge is 0.343 e. The van der Waals surface area contributed by atoms with Gasteiger partial charge in [0.05, 0.1) is 7.11 Å². The molecule has 7 nitrogen and oxygen atoms in total. The van der Waals surface area contributed by atoms with Gasteiger partial charge < -0.3 is 18.9 Å². The van der Waals surface area contributed by atoms with Crippen LogP contribution in [0.3, 0.4) is 0 Å². The van der Waals surface area contributed by atoms with Gasteiger partial charge in [0, 0.05) is 25.8 Å². The zero-order valence-corrected chi connectivity index (χ0v) is 14.9. The number of pyridine rings is 1. The van der Waals surface area contributed by atoms with Crippen LogP contribution in [0.4, 0.5) is 0 Å². The zero-order valence-electron chi connectivity index (χ0n) is 14.9. The summed E-state index contributed by atoms with van der Waals surface area (Å²) in [6.45, 7) is 2.45. The summed E-state index contributed by atoms with van der Waals surface area (Å²) < 4.78 is 12.0. The number of hydrogen-bond donors (Lipinski definition) is 0. The van der Waals surface area contributed by atoms with Crippen LogP contribution >= 0.6 is 0 Å². The molecule has 0 N–H and O–H groups in total. The second-order valence-electron chi connectivity index (χ2n) is 6.23. The van der Waals surface area contributed by atoms with Crippen LogP contribution in [0.2, 0.25) is 0 Å². The number of likely N-dealkylation sites (N-methyl/N-ethyl adjacent to an activating group) is 1. The van der Waals surface area contributed by atoms with Gasteiger partial charge in [-0.3, -0.25) is 9.59 Å². The molecule has 1 aromatic heterocycles. The third-order valence-electron chi connectivity index (χ3n) is 4.51. The SMILES string of the molecule is COC(=O)c1cn2c(c(OCc3ccccc3)c1=O)C(=O)N(C)[C@H](C)C2. The molecule has 1 amide bonds. The third-order valence-corrected chi connectivity index (χ3v) is 4.51. The number of esters is 1. The lowest BCUT2D eigenvalue weighted by atomic mass is 10.1. The van der Waals surface area contributed by atoms with Crippen LogP contribution in [-0.2, 0) is 17.9 Å². The summed E-state index contributed by atoms with van der Waals surface area (Å²) in [5.74, 6) is -1.20. The maximum absolute atomic E-state index is 12.8. The maximum Gasteiger partial charge on any atom is 0.343 e. The number of hydrogen-bond acceptors (Lipinski definition) is 5. The van der Waals surface area contributed by atoms with E-state index in [0.717, 1.165) is 5.56 Å². The molecule has 26 heavy (non-hydrogen) atoms. The van der Waals surface area contributed by atoms with Crippen LogP contribution in [0.1, 0.15) is 33.3 Å². The first-order valence-corrected chi connectivity index (χ1v) is 8.23. The van der Waals surface area contributed by atoms with E-state index >= 15 is 0 Å². The average molecular weight is 356 g/mol. The molecular weight excluding hydrogens is 336 g/mol. The molecule has 1 aliphatic rings. The summed E-state index contributed by atoms with van der Waals surface area (Å²) in [7, 11) is 2.88. The summed E-state index contributed by atoms with van der Waals surface area (Å²) in [5.41, 5.74) is 0.206. The second-order valence-corrected chi connectivity index (χ2v) is 6.23. The normalized spacial score (nSPS) is 16.2. The Labute approximate surface area is 150 Å². The fraction of sp³-hybridized carbons (Fsp3) is 0.316. The van der Waals surface area contributed by atoms with Crippen molar-refractivity contribution >= 4 is 11.9 Å². The minimum Gasteiger partial charge on any atom is -0.483 e. The van der Waals surface area contributed by atoms with Gasteiger partial charge in [-0.15, -0.1) is 0 Å². The fourth-order valence-corrected chi connectivity index (χ4v) is 2.90. The number of ether oxygens (including phenoxy) is 2. The highest BCUT2D eigenvalue weighted by Crippen LogP contribution is 2.24. The minimum absolute atomic E-state index is 0.0787. The molecule has 0 aliphatic carbocycles. The molecular formula is C19H20N2O5. The molecule has 0 bridgehead atoms. The molecule has 3 rings (SSSR count). The van der Waals surface area contributed by atoms with E-state index in [9.17, 15) is 14.4 Å². The number of carbonyl (C=O) groups is 2. The molecule has 0 saturated heterocycles. The number of benzene rings is 1. The first-order chi connectivity index (χ1) is 12.4. The summed E-state index contributed by atoms with van der Waals surface area (Å²) in [4.78, 5) is 39.1. The molecule has 1 atom stereocenters. The molecule has 2 aromatic rings. The Kier molecular flexibility index (Phi) is 4.79. The van der Waals surface area contributed by atoms with E-state index in [4.69, 9.17) is 9.47 Å². The number of amides is 1. The topological polar surface area (TPSA) is 77.8 Å². The van der Waals surface area contributed by atoms with Crippen molar-refractivity contribution in [1.29, 1.82) is 0 Å². The van der Waals surface area contributed by atoms with Crippen LogP contribution in [0.5, 0.6) is 5.75 Å². The van der Waals surface area contributed by atoms with E-state index in [1.54, 1.807) is 16.5 Å². The Morgan fingerprint density at radius 2 is 1.92 bits per heavy atom. The van der Waals surface area contributed by atoms with Crippen molar-refractivity contribution in [3.63, 3.8) is 0 Å². The van der Waals surface area contributed by atoms with Crippen LogP contribution < -0.4 is 10.2 Å². The largest absolute Gasteiger partial charge is 0.483 e. The highest BCUT2D eigenvalue weighted by Gasteiger charge is 2.33. The van der Waals surface area contributed by atoms with Crippen LogP contribution in [-0.4, -0.2) is 41.5 Å². The first kappa shape index (κ1) is 17.7. The Morgan fingerprint density at radius 3 is 2.58 bits per heavy atom. The van der Waals surface area contributed by atoms with Gasteiger partial charge >= 0.3 is 5.97 Å². The Bertz CT molecular complexity index is 904. The van der Waals surface area contributed by atoms with Crippen LogP contribution in [0.15, 0.2) is 41.3 Å². The van der Waals surface area contributed by atoms with Crippen molar-refractivity contribution < 1.29 is 19.1 Å². The van der Waals surface area contributed by atoms with Crippen molar-refractivity contribution in [2.24, 2.45) is 0 Å². The van der Waals surface area contributed by atoms with Crippen molar-refractivity contribution in [3.05, 3.63) is 63.6 Å². The fourth-order valence-electron chi connectivity index (χ4n) is 2.90. The second kappa shape index (κ2) is 7.03. The number of fused-ring (bicyclic) bond motifs is 1. The molecule has 136 valence electrons. The van der Waals surface area contributed by atoms with Gasteiger partial charge in [0.15, 0.2) is 11.4 Å². The third kappa shape index (κ3) is 3.08. The van der Waals surface area contributed by atoms with Crippen molar-refractivity contribution in [2.75, 3.05) is 14.2 Å².